The molecular formula is C29H31N3O3S2. The Morgan fingerprint density at radius 2 is 1.70 bits per heavy atom. The highest BCUT2D eigenvalue weighted by molar-refractivity contribution is 8.26. The fraction of sp³-hybridized carbons (Fsp3) is 0.345. The van der Waals surface area contributed by atoms with Gasteiger partial charge in [0.05, 0.1) is 33.9 Å². The Hall–Kier alpha value is -2.94. The number of thiocarbonyl (C=S) groups is 1. The van der Waals surface area contributed by atoms with Crippen molar-refractivity contribution < 1.29 is 9.53 Å². The van der Waals surface area contributed by atoms with Crippen molar-refractivity contribution >= 4 is 56.9 Å². The van der Waals surface area contributed by atoms with Crippen LogP contribution in [0, 0.1) is 0 Å². The van der Waals surface area contributed by atoms with Gasteiger partial charge in [0.15, 0.2) is 0 Å². The molecule has 0 radical (unpaired) electrons. The zero-order chi connectivity index (χ0) is 26.1. The molecule has 37 heavy (non-hydrogen) atoms. The van der Waals surface area contributed by atoms with Gasteiger partial charge in [0.1, 0.15) is 4.32 Å². The Morgan fingerprint density at radius 1 is 1.03 bits per heavy atom. The van der Waals surface area contributed by atoms with E-state index in [1.54, 1.807) is 15.5 Å². The quantitative estimate of drug-likeness (QED) is 0.325. The van der Waals surface area contributed by atoms with E-state index < -0.39 is 0 Å². The van der Waals surface area contributed by atoms with E-state index in [1.165, 1.54) is 11.8 Å². The summed E-state index contributed by atoms with van der Waals surface area (Å²) in [5, 5.41) is 0.996. The van der Waals surface area contributed by atoms with Crippen molar-refractivity contribution in [3.63, 3.8) is 0 Å². The lowest BCUT2D eigenvalue weighted by molar-refractivity contribution is -0.122. The molecule has 8 heteroatoms. The van der Waals surface area contributed by atoms with Crippen molar-refractivity contribution in [2.75, 3.05) is 24.5 Å². The van der Waals surface area contributed by atoms with E-state index in [1.807, 2.05) is 55.5 Å². The molecular weight excluding hydrogens is 502 g/mol. The van der Waals surface area contributed by atoms with Gasteiger partial charge in [0.25, 0.3) is 11.5 Å². The van der Waals surface area contributed by atoms with Crippen molar-refractivity contribution in [1.82, 2.24) is 9.47 Å². The number of anilines is 1. The Labute approximate surface area is 226 Å². The summed E-state index contributed by atoms with van der Waals surface area (Å²) in [6, 6.07) is 18.1. The number of pyridine rings is 1. The van der Waals surface area contributed by atoms with Crippen LogP contribution in [0.15, 0.2) is 64.3 Å². The van der Waals surface area contributed by atoms with E-state index in [2.05, 4.69) is 24.8 Å². The van der Waals surface area contributed by atoms with Gasteiger partial charge in [0.2, 0.25) is 0 Å². The number of morpholine rings is 1. The molecule has 192 valence electrons. The molecule has 2 unspecified atom stereocenters. The first kappa shape index (κ1) is 25.7. The largest absolute Gasteiger partial charge is 0.372 e. The van der Waals surface area contributed by atoms with E-state index in [-0.39, 0.29) is 23.7 Å². The third-order valence-corrected chi connectivity index (χ3v) is 8.23. The summed E-state index contributed by atoms with van der Waals surface area (Å²) >= 11 is 6.86. The van der Waals surface area contributed by atoms with E-state index in [4.69, 9.17) is 17.0 Å². The molecule has 2 aliphatic heterocycles. The van der Waals surface area contributed by atoms with Crippen molar-refractivity contribution in [2.24, 2.45) is 0 Å². The summed E-state index contributed by atoms with van der Waals surface area (Å²) in [7, 11) is 0. The molecule has 1 amide bonds. The zero-order valence-corrected chi connectivity index (χ0v) is 23.0. The third-order valence-electron chi connectivity index (χ3n) is 6.85. The molecule has 2 atom stereocenters. The first-order valence-corrected chi connectivity index (χ1v) is 13.9. The molecule has 2 aromatic carbocycles. The number of nitrogens with zero attached hydrogens (tertiary/aromatic N) is 3. The van der Waals surface area contributed by atoms with E-state index >= 15 is 0 Å². The SMILES string of the molecule is CCn1c(=O)c(C=C2SC(=S)N(CCc3ccccc3)C2=O)c(N2CC(C)OC(C)C2)c2ccccc21. The minimum atomic E-state index is -0.142. The number of ether oxygens (including phenoxy) is 1. The maximum absolute atomic E-state index is 13.9. The molecule has 1 aromatic heterocycles. The predicted octanol–water partition coefficient (Wildman–Crippen LogP) is 5.08. The van der Waals surface area contributed by atoms with Gasteiger partial charge in [-0.15, -0.1) is 0 Å². The summed E-state index contributed by atoms with van der Waals surface area (Å²) in [6.07, 6.45) is 2.54. The Bertz CT molecular complexity index is 1420. The molecule has 0 aliphatic carbocycles. The monoisotopic (exact) mass is 533 g/mol. The number of aromatic nitrogens is 1. The first-order chi connectivity index (χ1) is 17.9. The van der Waals surface area contributed by atoms with Crippen LogP contribution in [-0.2, 0) is 22.5 Å². The lowest BCUT2D eigenvalue weighted by Crippen LogP contribution is -2.46. The number of thioether (sulfide) groups is 1. The number of hydrogen-bond donors (Lipinski definition) is 0. The number of aryl methyl sites for hydroxylation is 1. The molecule has 0 N–H and O–H groups in total. The number of benzene rings is 2. The number of amides is 1. The highest BCUT2D eigenvalue weighted by Gasteiger charge is 2.33. The minimum Gasteiger partial charge on any atom is -0.372 e. The average molecular weight is 534 g/mol. The molecule has 0 spiro atoms. The van der Waals surface area contributed by atoms with E-state index in [0.717, 1.165) is 22.2 Å². The molecule has 5 rings (SSSR count). The van der Waals surface area contributed by atoms with Gasteiger partial charge < -0.3 is 14.2 Å². The summed E-state index contributed by atoms with van der Waals surface area (Å²) < 4.78 is 8.30. The van der Waals surface area contributed by atoms with Crippen LogP contribution in [0.2, 0.25) is 0 Å². The average Bonchev–Trinajstić information content (AvgIpc) is 3.15. The van der Waals surface area contributed by atoms with Crippen LogP contribution in [0.1, 0.15) is 31.9 Å². The van der Waals surface area contributed by atoms with Crippen LogP contribution >= 0.6 is 24.0 Å². The summed E-state index contributed by atoms with van der Waals surface area (Å²) in [5.74, 6) is -0.142. The molecule has 0 saturated carbocycles. The molecule has 2 fully saturated rings. The van der Waals surface area contributed by atoms with Gasteiger partial charge in [0, 0.05) is 31.6 Å². The second-order valence-corrected chi connectivity index (χ2v) is 11.2. The molecule has 2 saturated heterocycles. The predicted molar refractivity (Wildman–Crippen MR) is 156 cm³/mol. The van der Waals surface area contributed by atoms with Gasteiger partial charge in [-0.25, -0.2) is 0 Å². The van der Waals surface area contributed by atoms with Crippen LogP contribution in [0.5, 0.6) is 0 Å². The number of carbonyl (C=O) groups is 1. The summed E-state index contributed by atoms with van der Waals surface area (Å²) in [5.41, 5.74) is 3.34. The normalized spacial score (nSPS) is 21.4. The van der Waals surface area contributed by atoms with Crippen molar-refractivity contribution in [3.8, 4) is 0 Å². The van der Waals surface area contributed by atoms with Crippen LogP contribution in [0.25, 0.3) is 17.0 Å². The molecule has 2 aliphatic rings. The summed E-state index contributed by atoms with van der Waals surface area (Å²) in [4.78, 5) is 31.8. The zero-order valence-electron chi connectivity index (χ0n) is 21.3. The maximum Gasteiger partial charge on any atom is 0.266 e. The summed E-state index contributed by atoms with van der Waals surface area (Å²) in [6.45, 7) is 8.46. The van der Waals surface area contributed by atoms with E-state index in [0.29, 0.717) is 47.4 Å². The highest BCUT2D eigenvalue weighted by atomic mass is 32.2. The highest BCUT2D eigenvalue weighted by Crippen LogP contribution is 2.37. The number of rotatable bonds is 6. The van der Waals surface area contributed by atoms with Gasteiger partial charge in [-0.1, -0.05) is 72.5 Å². The smallest absolute Gasteiger partial charge is 0.266 e. The fourth-order valence-corrected chi connectivity index (χ4v) is 6.56. The van der Waals surface area contributed by atoms with Gasteiger partial charge in [-0.3, -0.25) is 14.5 Å². The fourth-order valence-electron chi connectivity index (χ4n) is 5.27. The number of para-hydroxylation sites is 1. The topological polar surface area (TPSA) is 54.8 Å². The van der Waals surface area contributed by atoms with Crippen molar-refractivity contribution in [3.05, 3.63) is 81.0 Å². The first-order valence-electron chi connectivity index (χ1n) is 12.7. The Kier molecular flexibility index (Phi) is 7.51. The van der Waals surface area contributed by atoms with E-state index in [9.17, 15) is 9.59 Å². The second-order valence-electron chi connectivity index (χ2n) is 9.56. The molecule has 6 nitrogen and oxygen atoms in total. The molecule has 0 bridgehead atoms. The van der Waals surface area contributed by atoms with Gasteiger partial charge in [-0.2, -0.15) is 0 Å². The number of carbonyl (C=O) groups excluding carboxylic acids is 1. The van der Waals surface area contributed by atoms with Crippen molar-refractivity contribution in [2.45, 2.75) is 45.9 Å². The van der Waals surface area contributed by atoms with Crippen LogP contribution < -0.4 is 10.5 Å². The maximum atomic E-state index is 13.9. The van der Waals surface area contributed by atoms with Crippen LogP contribution in [0.3, 0.4) is 0 Å². The van der Waals surface area contributed by atoms with Gasteiger partial charge in [-0.05, 0) is 44.9 Å². The Balaban J connectivity index is 1.58. The van der Waals surface area contributed by atoms with Crippen LogP contribution in [0.4, 0.5) is 5.69 Å². The van der Waals surface area contributed by atoms with Crippen LogP contribution in [-0.4, -0.2) is 51.5 Å². The number of fused-ring (bicyclic) bond motifs is 1. The third kappa shape index (κ3) is 5.10. The van der Waals surface area contributed by atoms with Crippen molar-refractivity contribution in [1.29, 1.82) is 0 Å². The Morgan fingerprint density at radius 3 is 2.41 bits per heavy atom. The lowest BCUT2D eigenvalue weighted by Gasteiger charge is -2.38. The second kappa shape index (κ2) is 10.8. The number of hydrogen-bond acceptors (Lipinski definition) is 6. The van der Waals surface area contributed by atoms with Gasteiger partial charge >= 0.3 is 0 Å². The standard InChI is InChI=1S/C29H31N3O3S2/c1-4-31-24-13-9-8-12-22(24)26(30-17-19(2)35-20(3)18-30)23(27(31)33)16-25-28(34)32(29(36)37-25)15-14-21-10-6-5-7-11-21/h5-13,16,19-20H,4,14-15,17-18H2,1-3H3. The molecule has 3 heterocycles. The lowest BCUT2D eigenvalue weighted by atomic mass is 10.0. The molecule has 3 aromatic rings. The minimum absolute atomic E-state index is 0.0279.